The van der Waals surface area contributed by atoms with Gasteiger partial charge in [-0.25, -0.2) is 0 Å². The highest BCUT2D eigenvalue weighted by atomic mass is 13.9. The molecular formula is C15H20. The SMILES string of the molecule is C/C=C/C#CC#CCC=CCCCCC. The monoisotopic (exact) mass is 200 g/mol. The Bertz CT molecular complexity index is 296. The molecule has 0 aromatic carbocycles. The van der Waals surface area contributed by atoms with Gasteiger partial charge < -0.3 is 0 Å². The molecule has 0 heteroatoms. The summed E-state index contributed by atoms with van der Waals surface area (Å²) in [6.07, 6.45) is 13.9. The molecule has 0 radical (unpaired) electrons. The van der Waals surface area contributed by atoms with Gasteiger partial charge in [-0.3, -0.25) is 0 Å². The molecular weight excluding hydrogens is 180 g/mol. The lowest BCUT2D eigenvalue weighted by Gasteiger charge is -1.89. The van der Waals surface area contributed by atoms with E-state index in [9.17, 15) is 0 Å². The Labute approximate surface area is 94.5 Å². The van der Waals surface area contributed by atoms with Crippen LogP contribution in [0.1, 0.15) is 46.0 Å². The van der Waals surface area contributed by atoms with Crippen LogP contribution in [-0.2, 0) is 0 Å². The molecule has 0 aliphatic rings. The lowest BCUT2D eigenvalue weighted by molar-refractivity contribution is 0.728. The summed E-state index contributed by atoms with van der Waals surface area (Å²) >= 11 is 0. The van der Waals surface area contributed by atoms with E-state index in [0.717, 1.165) is 6.42 Å². The molecule has 0 spiro atoms. The van der Waals surface area contributed by atoms with Gasteiger partial charge in [0.15, 0.2) is 0 Å². The van der Waals surface area contributed by atoms with Crippen molar-refractivity contribution in [1.82, 2.24) is 0 Å². The van der Waals surface area contributed by atoms with Crippen molar-refractivity contribution < 1.29 is 0 Å². The molecule has 0 amide bonds. The minimum atomic E-state index is 0.816. The van der Waals surface area contributed by atoms with Gasteiger partial charge in [0.1, 0.15) is 0 Å². The summed E-state index contributed by atoms with van der Waals surface area (Å²) in [6.45, 7) is 4.17. The first-order chi connectivity index (χ1) is 7.41. The van der Waals surface area contributed by atoms with Crippen LogP contribution in [0, 0.1) is 23.7 Å². The van der Waals surface area contributed by atoms with Crippen LogP contribution in [0.5, 0.6) is 0 Å². The van der Waals surface area contributed by atoms with Crippen molar-refractivity contribution in [2.75, 3.05) is 0 Å². The molecule has 0 saturated heterocycles. The normalized spacial score (nSPS) is 9.73. The molecule has 80 valence electrons. The zero-order valence-corrected chi connectivity index (χ0v) is 9.84. The first-order valence-electron chi connectivity index (χ1n) is 5.66. The molecule has 0 heterocycles. The van der Waals surface area contributed by atoms with Crippen LogP contribution in [0.25, 0.3) is 0 Å². The maximum atomic E-state index is 2.99. The predicted molar refractivity (Wildman–Crippen MR) is 68.3 cm³/mol. The summed E-state index contributed by atoms with van der Waals surface area (Å²) in [5.41, 5.74) is 0. The fourth-order valence-corrected chi connectivity index (χ4v) is 1.03. The van der Waals surface area contributed by atoms with Crippen LogP contribution in [0.2, 0.25) is 0 Å². The van der Waals surface area contributed by atoms with Crippen LogP contribution in [-0.4, -0.2) is 0 Å². The van der Waals surface area contributed by atoms with E-state index in [0.29, 0.717) is 0 Å². The van der Waals surface area contributed by atoms with Crippen LogP contribution in [0.4, 0.5) is 0 Å². The van der Waals surface area contributed by atoms with Crippen molar-refractivity contribution in [3.05, 3.63) is 24.3 Å². The Morgan fingerprint density at radius 3 is 2.67 bits per heavy atom. The van der Waals surface area contributed by atoms with Crippen LogP contribution >= 0.6 is 0 Å². The zero-order chi connectivity index (χ0) is 11.2. The van der Waals surface area contributed by atoms with Crippen molar-refractivity contribution in [2.45, 2.75) is 46.0 Å². The molecule has 0 unspecified atom stereocenters. The van der Waals surface area contributed by atoms with Crippen LogP contribution in [0.15, 0.2) is 24.3 Å². The molecule has 0 aromatic heterocycles. The molecule has 0 aliphatic heterocycles. The molecule has 0 nitrogen and oxygen atoms in total. The van der Waals surface area contributed by atoms with Gasteiger partial charge in [-0.05, 0) is 37.7 Å². The van der Waals surface area contributed by atoms with Gasteiger partial charge in [0.2, 0.25) is 0 Å². The fourth-order valence-electron chi connectivity index (χ4n) is 1.03. The Hall–Kier alpha value is -1.40. The van der Waals surface area contributed by atoms with E-state index in [1.807, 2.05) is 13.0 Å². The van der Waals surface area contributed by atoms with Gasteiger partial charge in [-0.15, -0.1) is 0 Å². The van der Waals surface area contributed by atoms with Crippen molar-refractivity contribution in [3.8, 4) is 23.7 Å². The molecule has 0 saturated carbocycles. The predicted octanol–water partition coefficient (Wildman–Crippen LogP) is 4.10. The quantitative estimate of drug-likeness (QED) is 0.356. The van der Waals surface area contributed by atoms with Gasteiger partial charge in [0, 0.05) is 6.42 Å². The number of unbranched alkanes of at least 4 members (excludes halogenated alkanes) is 3. The second-order valence-corrected chi connectivity index (χ2v) is 3.24. The van der Waals surface area contributed by atoms with E-state index in [4.69, 9.17) is 0 Å². The summed E-state index contributed by atoms with van der Waals surface area (Å²) < 4.78 is 0. The van der Waals surface area contributed by atoms with Gasteiger partial charge in [-0.2, -0.15) is 0 Å². The molecule has 0 aliphatic carbocycles. The summed E-state index contributed by atoms with van der Waals surface area (Å²) in [6, 6.07) is 0. The third-order valence-electron chi connectivity index (χ3n) is 1.83. The molecule has 0 atom stereocenters. The van der Waals surface area contributed by atoms with E-state index in [1.54, 1.807) is 6.08 Å². The number of hydrogen-bond acceptors (Lipinski definition) is 0. The molecule has 15 heavy (non-hydrogen) atoms. The van der Waals surface area contributed by atoms with E-state index in [2.05, 4.69) is 42.8 Å². The van der Waals surface area contributed by atoms with Crippen LogP contribution < -0.4 is 0 Å². The lowest BCUT2D eigenvalue weighted by atomic mass is 10.2. The maximum Gasteiger partial charge on any atom is 0.0279 e. The second kappa shape index (κ2) is 12.6. The van der Waals surface area contributed by atoms with E-state index in [-0.39, 0.29) is 0 Å². The first-order valence-corrected chi connectivity index (χ1v) is 5.66. The Morgan fingerprint density at radius 1 is 1.07 bits per heavy atom. The third-order valence-corrected chi connectivity index (χ3v) is 1.83. The van der Waals surface area contributed by atoms with Gasteiger partial charge in [0.25, 0.3) is 0 Å². The Kier molecular flexibility index (Phi) is 11.4. The zero-order valence-electron chi connectivity index (χ0n) is 9.84. The molecule has 0 bridgehead atoms. The summed E-state index contributed by atoms with van der Waals surface area (Å²) in [7, 11) is 0. The highest BCUT2D eigenvalue weighted by Gasteiger charge is 1.80. The largest absolute Gasteiger partial charge is 0.0876 e. The number of hydrogen-bond donors (Lipinski definition) is 0. The van der Waals surface area contributed by atoms with Crippen molar-refractivity contribution in [1.29, 1.82) is 0 Å². The first kappa shape index (κ1) is 13.6. The number of allylic oxidation sites excluding steroid dienone is 4. The molecule has 0 rings (SSSR count). The van der Waals surface area contributed by atoms with E-state index >= 15 is 0 Å². The highest BCUT2D eigenvalue weighted by molar-refractivity contribution is 5.30. The van der Waals surface area contributed by atoms with E-state index < -0.39 is 0 Å². The van der Waals surface area contributed by atoms with Crippen molar-refractivity contribution >= 4 is 0 Å². The minimum Gasteiger partial charge on any atom is -0.0876 e. The number of rotatable bonds is 5. The van der Waals surface area contributed by atoms with Crippen LogP contribution in [0.3, 0.4) is 0 Å². The Morgan fingerprint density at radius 2 is 1.93 bits per heavy atom. The summed E-state index contributed by atoms with van der Waals surface area (Å²) in [5.74, 6) is 11.4. The standard InChI is InChI=1S/C15H20/c1-3-5-7-9-11-13-15-14-12-10-8-6-4-2/h3,5,12,14H,4,6,8,10,15H2,1-2H3/b5-3+,14-12?. The van der Waals surface area contributed by atoms with Gasteiger partial charge in [0.05, 0.1) is 0 Å². The molecule has 0 fully saturated rings. The topological polar surface area (TPSA) is 0 Å². The van der Waals surface area contributed by atoms with Crippen molar-refractivity contribution in [2.24, 2.45) is 0 Å². The van der Waals surface area contributed by atoms with Gasteiger partial charge >= 0.3 is 0 Å². The summed E-state index contributed by atoms with van der Waals surface area (Å²) in [4.78, 5) is 0. The average molecular weight is 200 g/mol. The lowest BCUT2D eigenvalue weighted by Crippen LogP contribution is -1.70. The maximum absolute atomic E-state index is 2.99. The minimum absolute atomic E-state index is 0.816. The average Bonchev–Trinajstić information content (AvgIpc) is 2.26. The van der Waals surface area contributed by atoms with Gasteiger partial charge in [-0.1, -0.05) is 49.8 Å². The summed E-state index contributed by atoms with van der Waals surface area (Å²) in [5, 5.41) is 0. The third kappa shape index (κ3) is 12.6. The molecule has 0 aromatic rings. The van der Waals surface area contributed by atoms with E-state index in [1.165, 1.54) is 25.7 Å². The second-order valence-electron chi connectivity index (χ2n) is 3.24. The smallest absolute Gasteiger partial charge is 0.0279 e. The molecule has 0 N–H and O–H groups in total. The Balaban J connectivity index is 3.48. The highest BCUT2D eigenvalue weighted by Crippen LogP contribution is 1.99. The van der Waals surface area contributed by atoms with Crippen molar-refractivity contribution in [3.63, 3.8) is 0 Å². The fraction of sp³-hybridized carbons (Fsp3) is 0.467.